The van der Waals surface area contributed by atoms with Gasteiger partial charge < -0.3 is 4.74 Å². The van der Waals surface area contributed by atoms with Gasteiger partial charge in [-0.05, 0) is 23.8 Å². The molecule has 0 aliphatic carbocycles. The molecule has 0 unspecified atom stereocenters. The molecule has 0 bridgehead atoms. The Bertz CT molecular complexity index is 523. The number of aldehydes is 1. The highest BCUT2D eigenvalue weighted by Gasteiger charge is 2.03. The van der Waals surface area contributed by atoms with Crippen molar-refractivity contribution >= 4 is 22.2 Å². The minimum atomic E-state index is 0.562. The predicted octanol–water partition coefficient (Wildman–Crippen LogP) is 3.88. The molecule has 2 aromatic rings. The quantitative estimate of drug-likeness (QED) is 0.784. The lowest BCUT2D eigenvalue weighted by molar-refractivity contribution is 0.111. The number of rotatable bonds is 5. The first-order chi connectivity index (χ1) is 8.79. The van der Waals surface area contributed by atoms with Crippen LogP contribution in [0.3, 0.4) is 0 Å². The smallest absolute Gasteiger partial charge is 0.153 e. The van der Waals surface area contributed by atoms with E-state index >= 15 is 0 Å². The Kier molecular flexibility index (Phi) is 4.53. The number of carbonyl (C=O) groups is 1. The maximum absolute atomic E-state index is 10.9. The number of carbonyl (C=O) groups excluding carboxylic acids is 1. The minimum absolute atomic E-state index is 0.562. The minimum Gasteiger partial charge on any atom is -0.492 e. The van der Waals surface area contributed by atoms with Gasteiger partial charge in [0, 0.05) is 10.9 Å². The summed E-state index contributed by atoms with van der Waals surface area (Å²) in [6.45, 7) is 0.562. The largest absolute Gasteiger partial charge is 0.492 e. The van der Waals surface area contributed by atoms with Crippen molar-refractivity contribution in [2.24, 2.45) is 0 Å². The second-order valence-corrected chi connectivity index (χ2v) is 4.80. The van der Waals surface area contributed by atoms with E-state index in [1.165, 1.54) is 5.56 Å². The van der Waals surface area contributed by atoms with Gasteiger partial charge in [0.15, 0.2) is 6.29 Å². The molecule has 0 radical (unpaired) electrons. The molecule has 0 N–H and O–H groups in total. The van der Waals surface area contributed by atoms with Crippen molar-refractivity contribution < 1.29 is 9.53 Å². The van der Waals surface area contributed by atoms with Crippen LogP contribution in [0.5, 0.6) is 5.75 Å². The third kappa shape index (κ3) is 3.44. The number of halogens is 1. The van der Waals surface area contributed by atoms with E-state index < -0.39 is 0 Å². The fourth-order valence-electron chi connectivity index (χ4n) is 1.67. The zero-order valence-corrected chi connectivity index (χ0v) is 11.4. The van der Waals surface area contributed by atoms with Gasteiger partial charge in [0.2, 0.25) is 0 Å². The summed E-state index contributed by atoms with van der Waals surface area (Å²) in [7, 11) is 0. The number of benzene rings is 2. The zero-order chi connectivity index (χ0) is 12.8. The average molecular weight is 305 g/mol. The van der Waals surface area contributed by atoms with Crippen LogP contribution in [0.4, 0.5) is 0 Å². The van der Waals surface area contributed by atoms with E-state index in [0.29, 0.717) is 17.9 Å². The van der Waals surface area contributed by atoms with E-state index in [-0.39, 0.29) is 0 Å². The maximum Gasteiger partial charge on any atom is 0.153 e. The van der Waals surface area contributed by atoms with Crippen LogP contribution in [-0.2, 0) is 6.42 Å². The lowest BCUT2D eigenvalue weighted by Crippen LogP contribution is -2.03. The molecule has 0 atom stereocenters. The monoisotopic (exact) mass is 304 g/mol. The van der Waals surface area contributed by atoms with Crippen molar-refractivity contribution in [3.05, 3.63) is 64.1 Å². The molecule has 0 saturated heterocycles. The third-order valence-electron chi connectivity index (χ3n) is 2.59. The van der Waals surface area contributed by atoms with Crippen LogP contribution < -0.4 is 4.74 Å². The van der Waals surface area contributed by atoms with Gasteiger partial charge in [-0.25, -0.2) is 0 Å². The molecule has 92 valence electrons. The first kappa shape index (κ1) is 12.8. The number of hydrogen-bond acceptors (Lipinski definition) is 2. The second kappa shape index (κ2) is 6.36. The number of hydrogen-bond donors (Lipinski definition) is 0. The standard InChI is InChI=1S/C15H13BrO2/c16-14-6-7-15(13(10-14)11-17)18-9-8-12-4-2-1-3-5-12/h1-7,10-11H,8-9H2. The van der Waals surface area contributed by atoms with Crippen LogP contribution >= 0.6 is 15.9 Å². The molecule has 2 nitrogen and oxygen atoms in total. The zero-order valence-electron chi connectivity index (χ0n) is 9.80. The van der Waals surface area contributed by atoms with Crippen LogP contribution in [0.2, 0.25) is 0 Å². The SMILES string of the molecule is O=Cc1cc(Br)ccc1OCCc1ccccc1. The third-order valence-corrected chi connectivity index (χ3v) is 3.08. The van der Waals surface area contributed by atoms with Crippen LogP contribution in [0.15, 0.2) is 53.0 Å². The first-order valence-electron chi connectivity index (χ1n) is 5.71. The highest BCUT2D eigenvalue weighted by atomic mass is 79.9. The van der Waals surface area contributed by atoms with E-state index in [2.05, 4.69) is 28.1 Å². The van der Waals surface area contributed by atoms with E-state index in [1.807, 2.05) is 24.3 Å². The van der Waals surface area contributed by atoms with Gasteiger partial charge in [0.1, 0.15) is 5.75 Å². The molecule has 0 spiro atoms. The Balaban J connectivity index is 1.96. The van der Waals surface area contributed by atoms with E-state index in [9.17, 15) is 4.79 Å². The van der Waals surface area contributed by atoms with Gasteiger partial charge in [-0.15, -0.1) is 0 Å². The van der Waals surface area contributed by atoms with E-state index in [1.54, 1.807) is 12.1 Å². The van der Waals surface area contributed by atoms with Crippen molar-refractivity contribution in [1.82, 2.24) is 0 Å². The summed E-state index contributed by atoms with van der Waals surface area (Å²) in [6, 6.07) is 15.5. The summed E-state index contributed by atoms with van der Waals surface area (Å²) < 4.78 is 6.51. The lowest BCUT2D eigenvalue weighted by atomic mass is 10.2. The van der Waals surface area contributed by atoms with Crippen molar-refractivity contribution in [1.29, 1.82) is 0 Å². The van der Waals surface area contributed by atoms with Gasteiger partial charge in [0.25, 0.3) is 0 Å². The Labute approximate surface area is 115 Å². The molecule has 0 fully saturated rings. The van der Waals surface area contributed by atoms with Crippen LogP contribution in [-0.4, -0.2) is 12.9 Å². The molecule has 3 heteroatoms. The first-order valence-corrected chi connectivity index (χ1v) is 6.50. The molecular formula is C15H13BrO2. The van der Waals surface area contributed by atoms with Crippen molar-refractivity contribution in [3.63, 3.8) is 0 Å². The topological polar surface area (TPSA) is 26.3 Å². The lowest BCUT2D eigenvalue weighted by Gasteiger charge is -2.08. The molecule has 0 aliphatic rings. The van der Waals surface area contributed by atoms with Crippen molar-refractivity contribution in [2.75, 3.05) is 6.61 Å². The fourth-order valence-corrected chi connectivity index (χ4v) is 2.05. The molecule has 0 aliphatic heterocycles. The highest BCUT2D eigenvalue weighted by Crippen LogP contribution is 2.21. The van der Waals surface area contributed by atoms with Gasteiger partial charge in [-0.2, -0.15) is 0 Å². The summed E-state index contributed by atoms with van der Waals surface area (Å²) in [6.07, 6.45) is 1.64. The van der Waals surface area contributed by atoms with Crippen LogP contribution in [0.25, 0.3) is 0 Å². The van der Waals surface area contributed by atoms with Crippen molar-refractivity contribution in [3.8, 4) is 5.75 Å². The fraction of sp³-hybridized carbons (Fsp3) is 0.133. The molecule has 0 amide bonds. The molecule has 0 aromatic heterocycles. The molecule has 2 aromatic carbocycles. The van der Waals surface area contributed by atoms with E-state index in [0.717, 1.165) is 17.2 Å². The second-order valence-electron chi connectivity index (χ2n) is 3.88. The summed E-state index contributed by atoms with van der Waals surface area (Å²) in [4.78, 5) is 10.9. The normalized spacial score (nSPS) is 10.1. The highest BCUT2D eigenvalue weighted by molar-refractivity contribution is 9.10. The van der Waals surface area contributed by atoms with Gasteiger partial charge in [0.05, 0.1) is 12.2 Å². The van der Waals surface area contributed by atoms with Crippen molar-refractivity contribution in [2.45, 2.75) is 6.42 Å². The predicted molar refractivity (Wildman–Crippen MR) is 75.2 cm³/mol. The molecular weight excluding hydrogens is 292 g/mol. The van der Waals surface area contributed by atoms with Crippen LogP contribution in [0.1, 0.15) is 15.9 Å². The molecule has 0 heterocycles. The molecule has 0 saturated carbocycles. The summed E-state index contributed by atoms with van der Waals surface area (Å²) in [5.41, 5.74) is 1.79. The summed E-state index contributed by atoms with van der Waals surface area (Å²) in [5, 5.41) is 0. The van der Waals surface area contributed by atoms with Gasteiger partial charge in [-0.3, -0.25) is 4.79 Å². The Morgan fingerprint density at radius 3 is 2.61 bits per heavy atom. The Morgan fingerprint density at radius 2 is 1.89 bits per heavy atom. The summed E-state index contributed by atoms with van der Waals surface area (Å²) >= 11 is 3.33. The average Bonchev–Trinajstić information content (AvgIpc) is 2.41. The Hall–Kier alpha value is -1.61. The summed E-state index contributed by atoms with van der Waals surface area (Å²) in [5.74, 6) is 0.629. The molecule has 2 rings (SSSR count). The molecule has 18 heavy (non-hydrogen) atoms. The van der Waals surface area contributed by atoms with E-state index in [4.69, 9.17) is 4.74 Å². The maximum atomic E-state index is 10.9. The van der Waals surface area contributed by atoms with Gasteiger partial charge in [-0.1, -0.05) is 46.3 Å². The van der Waals surface area contributed by atoms with Gasteiger partial charge >= 0.3 is 0 Å². The Morgan fingerprint density at radius 1 is 1.11 bits per heavy atom. The number of ether oxygens (including phenoxy) is 1. The van der Waals surface area contributed by atoms with Crippen LogP contribution in [0, 0.1) is 0 Å².